The van der Waals surface area contributed by atoms with E-state index in [9.17, 15) is 14.9 Å². The predicted octanol–water partition coefficient (Wildman–Crippen LogP) is 3.80. The number of carbonyl (C=O) groups is 1. The molecule has 0 aromatic heterocycles. The summed E-state index contributed by atoms with van der Waals surface area (Å²) in [7, 11) is 0. The van der Waals surface area contributed by atoms with E-state index in [1.54, 1.807) is 19.1 Å². The third-order valence-electron chi connectivity index (χ3n) is 3.91. The van der Waals surface area contributed by atoms with Gasteiger partial charge in [0.15, 0.2) is 0 Å². The van der Waals surface area contributed by atoms with Crippen LogP contribution in [-0.2, 0) is 4.74 Å². The van der Waals surface area contributed by atoms with E-state index < -0.39 is 10.8 Å². The molecule has 0 saturated carbocycles. The van der Waals surface area contributed by atoms with Gasteiger partial charge in [0.2, 0.25) is 0 Å². The Bertz CT molecular complexity index is 731. The lowest BCUT2D eigenvalue weighted by atomic mass is 10.1. The van der Waals surface area contributed by atoms with E-state index in [1.807, 2.05) is 37.3 Å². The van der Waals surface area contributed by atoms with Gasteiger partial charge in [0.25, 0.3) is 11.6 Å². The van der Waals surface area contributed by atoms with Crippen LogP contribution in [0.25, 0.3) is 0 Å². The highest BCUT2D eigenvalue weighted by Crippen LogP contribution is 2.22. The molecule has 0 radical (unpaired) electrons. The lowest BCUT2D eigenvalue weighted by Gasteiger charge is -2.13. The van der Waals surface area contributed by atoms with E-state index in [4.69, 9.17) is 4.74 Å². The molecule has 1 atom stereocenters. The first-order chi connectivity index (χ1) is 12.0. The number of para-hydroxylation sites is 1. The van der Waals surface area contributed by atoms with Gasteiger partial charge in [-0.15, -0.1) is 0 Å². The lowest BCUT2D eigenvalue weighted by molar-refractivity contribution is -0.385. The van der Waals surface area contributed by atoms with Gasteiger partial charge in [-0.1, -0.05) is 42.5 Å². The van der Waals surface area contributed by atoms with Crippen molar-refractivity contribution in [2.75, 3.05) is 13.2 Å². The quantitative estimate of drug-likeness (QED) is 0.449. The molecule has 0 saturated heterocycles. The number of rotatable bonds is 8. The minimum absolute atomic E-state index is 0.0187. The zero-order valence-corrected chi connectivity index (χ0v) is 14.4. The molecular weight excluding hydrogens is 320 g/mol. The van der Waals surface area contributed by atoms with E-state index in [0.29, 0.717) is 25.1 Å². The van der Waals surface area contributed by atoms with E-state index >= 15 is 0 Å². The predicted molar refractivity (Wildman–Crippen MR) is 95.6 cm³/mol. The molecule has 2 rings (SSSR count). The van der Waals surface area contributed by atoms with Crippen molar-refractivity contribution in [3.05, 3.63) is 75.3 Å². The summed E-state index contributed by atoms with van der Waals surface area (Å²) < 4.78 is 5.74. The standard InChI is InChI=1S/C19H22N2O4/c1-14-8-6-11-17(18(14)21(23)24)19(22)20-12-7-13-25-15(2)16-9-4-3-5-10-16/h3-6,8-11,15H,7,12-13H2,1-2H3,(H,20,22)/t15-/m0/s1. The van der Waals surface area contributed by atoms with Gasteiger partial charge < -0.3 is 10.1 Å². The van der Waals surface area contributed by atoms with Crippen LogP contribution in [0.1, 0.15) is 40.9 Å². The van der Waals surface area contributed by atoms with Crippen LogP contribution < -0.4 is 5.32 Å². The fourth-order valence-electron chi connectivity index (χ4n) is 2.53. The molecule has 6 nitrogen and oxygen atoms in total. The maximum Gasteiger partial charge on any atom is 0.285 e. The zero-order chi connectivity index (χ0) is 18.2. The summed E-state index contributed by atoms with van der Waals surface area (Å²) in [5.41, 5.74) is 1.51. The summed E-state index contributed by atoms with van der Waals surface area (Å²) in [5, 5.41) is 13.9. The number of hydrogen-bond donors (Lipinski definition) is 1. The lowest BCUT2D eigenvalue weighted by Crippen LogP contribution is -2.26. The van der Waals surface area contributed by atoms with Gasteiger partial charge in [-0.3, -0.25) is 14.9 Å². The summed E-state index contributed by atoms with van der Waals surface area (Å²) >= 11 is 0. The molecule has 0 aliphatic carbocycles. The van der Waals surface area contributed by atoms with Crippen molar-refractivity contribution in [3.8, 4) is 0 Å². The van der Waals surface area contributed by atoms with Crippen molar-refractivity contribution in [2.45, 2.75) is 26.4 Å². The van der Waals surface area contributed by atoms with Crippen LogP contribution in [0.3, 0.4) is 0 Å². The Morgan fingerprint density at radius 3 is 2.60 bits per heavy atom. The zero-order valence-electron chi connectivity index (χ0n) is 14.4. The Balaban J connectivity index is 1.80. The molecule has 0 aliphatic rings. The van der Waals surface area contributed by atoms with Gasteiger partial charge in [0.05, 0.1) is 11.0 Å². The largest absolute Gasteiger partial charge is 0.374 e. The van der Waals surface area contributed by atoms with Crippen LogP contribution in [0.2, 0.25) is 0 Å². The summed E-state index contributed by atoms with van der Waals surface area (Å²) in [6.45, 7) is 4.48. The second-order valence-corrected chi connectivity index (χ2v) is 5.76. The molecule has 1 amide bonds. The van der Waals surface area contributed by atoms with Crippen molar-refractivity contribution in [1.82, 2.24) is 5.32 Å². The van der Waals surface area contributed by atoms with Crippen molar-refractivity contribution >= 4 is 11.6 Å². The molecule has 1 N–H and O–H groups in total. The van der Waals surface area contributed by atoms with Crippen LogP contribution in [0.5, 0.6) is 0 Å². The number of nitrogens with one attached hydrogen (secondary N) is 1. The monoisotopic (exact) mass is 342 g/mol. The van der Waals surface area contributed by atoms with E-state index in [2.05, 4.69) is 5.32 Å². The van der Waals surface area contributed by atoms with Crippen molar-refractivity contribution in [3.63, 3.8) is 0 Å². The molecule has 0 heterocycles. The highest BCUT2D eigenvalue weighted by molar-refractivity contribution is 5.98. The van der Waals surface area contributed by atoms with Gasteiger partial charge in [-0.25, -0.2) is 0 Å². The van der Waals surface area contributed by atoms with Crippen molar-refractivity contribution in [1.29, 1.82) is 0 Å². The van der Waals surface area contributed by atoms with E-state index in [1.165, 1.54) is 6.07 Å². The Labute approximate surface area is 147 Å². The second kappa shape index (κ2) is 8.94. The first-order valence-corrected chi connectivity index (χ1v) is 8.19. The number of ether oxygens (including phenoxy) is 1. The molecule has 2 aromatic carbocycles. The molecule has 0 bridgehead atoms. The van der Waals surface area contributed by atoms with E-state index in [0.717, 1.165) is 5.56 Å². The molecule has 132 valence electrons. The second-order valence-electron chi connectivity index (χ2n) is 5.76. The van der Waals surface area contributed by atoms with Crippen LogP contribution >= 0.6 is 0 Å². The highest BCUT2D eigenvalue weighted by Gasteiger charge is 2.21. The summed E-state index contributed by atoms with van der Waals surface area (Å²) in [6, 6.07) is 14.6. The molecule has 2 aromatic rings. The third-order valence-corrected chi connectivity index (χ3v) is 3.91. The van der Waals surface area contributed by atoms with Gasteiger partial charge in [0, 0.05) is 18.7 Å². The SMILES string of the molecule is Cc1cccc(C(=O)NCCCO[C@@H](C)c2ccccc2)c1[N+](=O)[O-]. The summed E-state index contributed by atoms with van der Waals surface area (Å²) in [4.78, 5) is 22.8. The molecule has 0 fully saturated rings. The average Bonchev–Trinajstić information content (AvgIpc) is 2.61. The van der Waals surface area contributed by atoms with Crippen LogP contribution in [0, 0.1) is 17.0 Å². The van der Waals surface area contributed by atoms with Gasteiger partial charge in [0.1, 0.15) is 5.56 Å². The Kier molecular flexibility index (Phi) is 6.65. The maximum absolute atomic E-state index is 12.2. The first-order valence-electron chi connectivity index (χ1n) is 8.19. The highest BCUT2D eigenvalue weighted by atomic mass is 16.6. The van der Waals surface area contributed by atoms with Crippen molar-refractivity contribution in [2.24, 2.45) is 0 Å². The van der Waals surface area contributed by atoms with Gasteiger partial charge in [-0.2, -0.15) is 0 Å². The maximum atomic E-state index is 12.2. The molecular formula is C19H22N2O4. The number of nitrogens with zero attached hydrogens (tertiary/aromatic N) is 1. The van der Waals surface area contributed by atoms with Crippen LogP contribution in [0.15, 0.2) is 48.5 Å². The number of amides is 1. The number of aryl methyl sites for hydroxylation is 1. The topological polar surface area (TPSA) is 81.5 Å². The summed E-state index contributed by atoms with van der Waals surface area (Å²) in [5.74, 6) is -0.438. The van der Waals surface area contributed by atoms with Gasteiger partial charge >= 0.3 is 0 Å². The van der Waals surface area contributed by atoms with Crippen molar-refractivity contribution < 1.29 is 14.5 Å². The molecule has 6 heteroatoms. The minimum atomic E-state index is -0.519. The molecule has 0 spiro atoms. The number of nitro groups is 1. The number of hydrogen-bond acceptors (Lipinski definition) is 4. The normalized spacial score (nSPS) is 11.8. The van der Waals surface area contributed by atoms with Gasteiger partial charge in [-0.05, 0) is 31.9 Å². The molecule has 0 unspecified atom stereocenters. The van der Waals surface area contributed by atoms with Crippen LogP contribution in [0.4, 0.5) is 5.69 Å². The number of carbonyl (C=O) groups excluding carboxylic acids is 1. The number of benzene rings is 2. The molecule has 25 heavy (non-hydrogen) atoms. The summed E-state index contributed by atoms with van der Waals surface area (Å²) in [6.07, 6.45) is 0.609. The fourth-order valence-corrected chi connectivity index (χ4v) is 2.53. The first kappa shape index (κ1) is 18.6. The van der Waals surface area contributed by atoms with Crippen LogP contribution in [-0.4, -0.2) is 24.0 Å². The number of nitro benzene ring substituents is 1. The minimum Gasteiger partial charge on any atom is -0.374 e. The van der Waals surface area contributed by atoms with E-state index in [-0.39, 0.29) is 17.4 Å². The Hall–Kier alpha value is -2.73. The fraction of sp³-hybridized carbons (Fsp3) is 0.316. The Morgan fingerprint density at radius 1 is 1.20 bits per heavy atom. The average molecular weight is 342 g/mol. The smallest absolute Gasteiger partial charge is 0.285 e. The molecule has 0 aliphatic heterocycles. The third kappa shape index (κ3) is 5.12. The Morgan fingerprint density at radius 2 is 1.92 bits per heavy atom.